The smallest absolute Gasteiger partial charge is 0.229 e. The molecule has 15 heteroatoms. The van der Waals surface area contributed by atoms with Gasteiger partial charge in [0.25, 0.3) is 0 Å². The first-order valence-electron chi connectivity index (χ1n) is 13.2. The van der Waals surface area contributed by atoms with Crippen LogP contribution in [0, 0.1) is 0 Å². The number of fused-ring (bicyclic) bond motifs is 1. The zero-order valence-corrected chi connectivity index (χ0v) is 23.0. The van der Waals surface area contributed by atoms with Crippen molar-refractivity contribution in [3.63, 3.8) is 0 Å². The van der Waals surface area contributed by atoms with E-state index in [1.165, 1.54) is 26.5 Å². The number of methoxy groups -OCH3 is 2. The number of phenols is 1. The second-order valence-corrected chi connectivity index (χ2v) is 10.1. The maximum atomic E-state index is 13.4. The van der Waals surface area contributed by atoms with Crippen LogP contribution in [0.3, 0.4) is 0 Å². The summed E-state index contributed by atoms with van der Waals surface area (Å²) >= 11 is 0. The molecule has 43 heavy (non-hydrogen) atoms. The standard InChI is InChI=1S/C28H32O15/c1-37-12-5-3-11(4-6-12)13-8-39-15-7-16(26(38-2)22(33)18(15)19(13)30)42-28-25(36)23(34)21(32)17(43-28)10-41-27-24(35)20(31)14(29)9-40-27/h3-8,14,17,20-21,23-25,27-29,31-36H,9-10H2,1-2H3/t14-,17+,20-,21-,23-,24-,25-,27-,28+/m1/s1. The number of aromatic hydroxyl groups is 1. The van der Waals surface area contributed by atoms with E-state index in [2.05, 4.69) is 0 Å². The van der Waals surface area contributed by atoms with Crippen LogP contribution in [0.25, 0.3) is 22.1 Å². The largest absolute Gasteiger partial charge is 0.504 e. The number of aliphatic hydroxyl groups is 6. The molecule has 2 aliphatic heterocycles. The highest BCUT2D eigenvalue weighted by atomic mass is 16.7. The molecule has 3 aromatic rings. The fraction of sp³-hybridized carbons (Fsp3) is 0.464. The molecule has 9 atom stereocenters. The van der Waals surface area contributed by atoms with Gasteiger partial charge in [0.15, 0.2) is 17.8 Å². The number of aliphatic hydroxyl groups excluding tert-OH is 6. The zero-order chi connectivity index (χ0) is 31.0. The molecule has 0 unspecified atom stereocenters. The molecule has 2 saturated heterocycles. The lowest BCUT2D eigenvalue weighted by Gasteiger charge is -2.41. The van der Waals surface area contributed by atoms with Crippen LogP contribution < -0.4 is 19.6 Å². The topological polar surface area (TPSA) is 227 Å². The van der Waals surface area contributed by atoms with Crippen molar-refractivity contribution in [2.45, 2.75) is 55.3 Å². The van der Waals surface area contributed by atoms with Gasteiger partial charge in [-0.3, -0.25) is 4.79 Å². The summed E-state index contributed by atoms with van der Waals surface area (Å²) < 4.78 is 38.0. The predicted octanol–water partition coefficient (Wildman–Crippen LogP) is -1.18. The van der Waals surface area contributed by atoms with E-state index in [1.807, 2.05) is 0 Å². The van der Waals surface area contributed by atoms with Gasteiger partial charge in [-0.25, -0.2) is 0 Å². The van der Waals surface area contributed by atoms with E-state index in [1.54, 1.807) is 24.3 Å². The third-order valence-electron chi connectivity index (χ3n) is 7.36. The van der Waals surface area contributed by atoms with Gasteiger partial charge in [0.2, 0.25) is 17.5 Å². The summed E-state index contributed by atoms with van der Waals surface area (Å²) in [5, 5.41) is 71.9. The summed E-state index contributed by atoms with van der Waals surface area (Å²) in [6.45, 7) is -0.828. The number of benzene rings is 2. The number of rotatable bonds is 8. The normalized spacial score (nSPS) is 31.1. The molecule has 0 aliphatic carbocycles. The molecule has 3 heterocycles. The Kier molecular flexibility index (Phi) is 9.07. The Balaban J connectivity index is 1.39. The summed E-state index contributed by atoms with van der Waals surface area (Å²) in [6.07, 6.45) is -12.9. The maximum absolute atomic E-state index is 13.4. The van der Waals surface area contributed by atoms with E-state index < -0.39 is 73.1 Å². The molecule has 1 aromatic heterocycles. The molecule has 15 nitrogen and oxygen atoms in total. The van der Waals surface area contributed by atoms with Crippen molar-refractivity contribution < 1.29 is 68.6 Å². The summed E-state index contributed by atoms with van der Waals surface area (Å²) in [5.41, 5.74) is 0.00139. The Morgan fingerprint density at radius 2 is 1.58 bits per heavy atom. The van der Waals surface area contributed by atoms with Crippen LogP contribution in [0.5, 0.6) is 23.0 Å². The van der Waals surface area contributed by atoms with Gasteiger partial charge in [-0.05, 0) is 17.7 Å². The monoisotopic (exact) mass is 608 g/mol. The molecule has 2 aliphatic rings. The van der Waals surface area contributed by atoms with Crippen LogP contribution in [-0.4, -0.2) is 118 Å². The van der Waals surface area contributed by atoms with E-state index in [0.29, 0.717) is 11.3 Å². The van der Waals surface area contributed by atoms with Crippen LogP contribution in [0.4, 0.5) is 0 Å². The van der Waals surface area contributed by atoms with Gasteiger partial charge >= 0.3 is 0 Å². The zero-order valence-electron chi connectivity index (χ0n) is 23.0. The predicted molar refractivity (Wildman–Crippen MR) is 144 cm³/mol. The molecule has 0 bridgehead atoms. The molecule has 2 aromatic carbocycles. The molecule has 0 spiro atoms. The number of hydrogen-bond donors (Lipinski definition) is 7. The molecule has 0 amide bonds. The van der Waals surface area contributed by atoms with Crippen molar-refractivity contribution >= 4 is 11.0 Å². The molecular weight excluding hydrogens is 576 g/mol. The fourth-order valence-electron chi connectivity index (χ4n) is 4.87. The molecular formula is C28H32O15. The first kappa shape index (κ1) is 30.9. The molecule has 5 rings (SSSR count). The van der Waals surface area contributed by atoms with Crippen molar-refractivity contribution in [3.8, 4) is 34.1 Å². The van der Waals surface area contributed by atoms with Crippen molar-refractivity contribution in [3.05, 3.63) is 46.8 Å². The van der Waals surface area contributed by atoms with E-state index in [4.69, 9.17) is 32.8 Å². The highest BCUT2D eigenvalue weighted by Crippen LogP contribution is 2.43. The van der Waals surface area contributed by atoms with Crippen LogP contribution in [-0.2, 0) is 14.2 Å². The first-order chi connectivity index (χ1) is 20.5. The second-order valence-electron chi connectivity index (χ2n) is 10.1. The Morgan fingerprint density at radius 1 is 0.884 bits per heavy atom. The Bertz CT molecular complexity index is 1470. The third kappa shape index (κ3) is 5.86. The summed E-state index contributed by atoms with van der Waals surface area (Å²) in [7, 11) is 2.71. The van der Waals surface area contributed by atoms with Crippen LogP contribution in [0.15, 0.2) is 45.8 Å². The van der Waals surface area contributed by atoms with E-state index in [-0.39, 0.29) is 34.6 Å². The van der Waals surface area contributed by atoms with Gasteiger partial charge in [-0.2, -0.15) is 0 Å². The average Bonchev–Trinajstić information content (AvgIpc) is 3.00. The van der Waals surface area contributed by atoms with Crippen LogP contribution in [0.2, 0.25) is 0 Å². The average molecular weight is 609 g/mol. The van der Waals surface area contributed by atoms with Crippen molar-refractivity contribution in [1.82, 2.24) is 0 Å². The van der Waals surface area contributed by atoms with Crippen molar-refractivity contribution in [2.75, 3.05) is 27.4 Å². The van der Waals surface area contributed by atoms with Gasteiger partial charge in [0.05, 0.1) is 33.0 Å². The Hall–Kier alpha value is -3.51. The lowest BCUT2D eigenvalue weighted by atomic mass is 9.99. The second kappa shape index (κ2) is 12.6. The lowest BCUT2D eigenvalue weighted by molar-refractivity contribution is -0.307. The SMILES string of the molecule is COc1ccc(-c2coc3cc(O[C@H]4O[C@@H](CO[C@H]5OC[C@@H](O)[C@@H](O)[C@H]5O)[C@@H](O)[C@@H](O)[C@H]4O)c(OC)c(O)c3c2=O)cc1. The number of ether oxygens (including phenoxy) is 6. The van der Waals surface area contributed by atoms with Gasteiger partial charge < -0.3 is 68.6 Å². The quantitative estimate of drug-likeness (QED) is 0.160. The number of phenolic OH excluding ortho intramolecular Hbond substituents is 1. The highest BCUT2D eigenvalue weighted by molar-refractivity contribution is 5.91. The van der Waals surface area contributed by atoms with Gasteiger partial charge in [0.1, 0.15) is 65.7 Å². The van der Waals surface area contributed by atoms with E-state index >= 15 is 0 Å². The van der Waals surface area contributed by atoms with Crippen molar-refractivity contribution in [2.24, 2.45) is 0 Å². The summed E-state index contributed by atoms with van der Waals surface area (Å²) in [5.74, 6) is -0.572. The molecule has 7 N–H and O–H groups in total. The number of hydrogen-bond acceptors (Lipinski definition) is 15. The van der Waals surface area contributed by atoms with E-state index in [9.17, 15) is 40.5 Å². The summed E-state index contributed by atoms with van der Waals surface area (Å²) in [4.78, 5) is 13.4. The molecule has 0 saturated carbocycles. The lowest BCUT2D eigenvalue weighted by Crippen LogP contribution is -2.61. The van der Waals surface area contributed by atoms with Crippen molar-refractivity contribution in [1.29, 1.82) is 0 Å². The maximum Gasteiger partial charge on any atom is 0.229 e. The van der Waals surface area contributed by atoms with E-state index in [0.717, 1.165) is 0 Å². The minimum absolute atomic E-state index is 0.0921. The van der Waals surface area contributed by atoms with Gasteiger partial charge in [-0.1, -0.05) is 12.1 Å². The molecule has 0 radical (unpaired) electrons. The minimum Gasteiger partial charge on any atom is -0.504 e. The molecule has 234 valence electrons. The van der Waals surface area contributed by atoms with Gasteiger partial charge in [0, 0.05) is 6.07 Å². The highest BCUT2D eigenvalue weighted by Gasteiger charge is 2.47. The Morgan fingerprint density at radius 3 is 2.26 bits per heavy atom. The van der Waals surface area contributed by atoms with Gasteiger partial charge in [-0.15, -0.1) is 0 Å². The fourth-order valence-corrected chi connectivity index (χ4v) is 4.87. The summed E-state index contributed by atoms with van der Waals surface area (Å²) in [6, 6.07) is 7.85. The minimum atomic E-state index is -1.80. The third-order valence-corrected chi connectivity index (χ3v) is 7.36. The van der Waals surface area contributed by atoms with Crippen LogP contribution in [0.1, 0.15) is 0 Å². The Labute approximate surface area is 243 Å². The van der Waals surface area contributed by atoms with Crippen LogP contribution >= 0.6 is 0 Å². The molecule has 2 fully saturated rings. The first-order valence-corrected chi connectivity index (χ1v) is 13.2.